The van der Waals surface area contributed by atoms with Gasteiger partial charge < -0.3 is 10.1 Å². The van der Waals surface area contributed by atoms with Gasteiger partial charge in [-0.05, 0) is 31.2 Å². The van der Waals surface area contributed by atoms with Gasteiger partial charge in [-0.15, -0.1) is 0 Å². The van der Waals surface area contributed by atoms with E-state index in [0.29, 0.717) is 11.0 Å². The highest BCUT2D eigenvalue weighted by Gasteiger charge is 2.06. The van der Waals surface area contributed by atoms with Gasteiger partial charge >= 0.3 is 0 Å². The van der Waals surface area contributed by atoms with E-state index in [0.717, 1.165) is 18.7 Å². The third kappa shape index (κ3) is 4.25. The van der Waals surface area contributed by atoms with Crippen molar-refractivity contribution in [3.05, 3.63) is 46.6 Å². The predicted octanol–water partition coefficient (Wildman–Crippen LogP) is 3.67. The molecule has 0 saturated heterocycles. The molecule has 0 atom stereocenters. The fraction of sp³-hybridized carbons (Fsp3) is 0.286. The summed E-state index contributed by atoms with van der Waals surface area (Å²) in [7, 11) is 0. The maximum atomic E-state index is 13.6. The second kappa shape index (κ2) is 7.31. The maximum Gasteiger partial charge on any atom is 0.237 e. The van der Waals surface area contributed by atoms with E-state index >= 15 is 0 Å². The molecule has 20 heavy (non-hydrogen) atoms. The molecule has 0 radical (unpaired) electrons. The molecular formula is C14H15BrFN3O. The molecule has 106 valence electrons. The van der Waals surface area contributed by atoms with E-state index in [-0.39, 0.29) is 11.6 Å². The molecule has 1 aromatic carbocycles. The molecule has 2 rings (SSSR count). The molecule has 0 unspecified atom stereocenters. The highest BCUT2D eigenvalue weighted by molar-refractivity contribution is 9.10. The van der Waals surface area contributed by atoms with Gasteiger partial charge in [-0.25, -0.2) is 9.37 Å². The van der Waals surface area contributed by atoms with Crippen LogP contribution in [0.3, 0.4) is 0 Å². The number of halogens is 2. The lowest BCUT2D eigenvalue weighted by Crippen LogP contribution is -2.14. The molecule has 0 aliphatic carbocycles. The molecule has 0 aliphatic heterocycles. The zero-order chi connectivity index (χ0) is 14.4. The smallest absolute Gasteiger partial charge is 0.237 e. The van der Waals surface area contributed by atoms with Gasteiger partial charge in [-0.2, -0.15) is 0 Å². The Hall–Kier alpha value is -1.53. The Bertz CT molecular complexity index is 563. The SMILES string of the molecule is CCCNCc1cnc(Oc2ccc(Br)cc2F)cn1. The summed E-state index contributed by atoms with van der Waals surface area (Å²) in [5, 5.41) is 3.23. The van der Waals surface area contributed by atoms with Crippen LogP contribution < -0.4 is 10.1 Å². The molecule has 4 nitrogen and oxygen atoms in total. The number of nitrogens with zero attached hydrogens (tertiary/aromatic N) is 2. The third-order valence-electron chi connectivity index (χ3n) is 2.52. The average Bonchev–Trinajstić information content (AvgIpc) is 2.44. The van der Waals surface area contributed by atoms with E-state index in [2.05, 4.69) is 38.1 Å². The van der Waals surface area contributed by atoms with Crippen molar-refractivity contribution in [1.29, 1.82) is 0 Å². The lowest BCUT2D eigenvalue weighted by Gasteiger charge is -2.07. The molecule has 0 saturated carbocycles. The van der Waals surface area contributed by atoms with Crippen LogP contribution in [0.5, 0.6) is 11.6 Å². The number of aromatic nitrogens is 2. The highest BCUT2D eigenvalue weighted by Crippen LogP contribution is 2.25. The molecule has 2 aromatic rings. The average molecular weight is 340 g/mol. The summed E-state index contributed by atoms with van der Waals surface area (Å²) in [6.45, 7) is 3.69. The van der Waals surface area contributed by atoms with Crippen molar-refractivity contribution < 1.29 is 9.13 Å². The van der Waals surface area contributed by atoms with Crippen molar-refractivity contribution in [3.63, 3.8) is 0 Å². The second-order valence-corrected chi connectivity index (χ2v) is 5.12. The van der Waals surface area contributed by atoms with Crippen molar-refractivity contribution in [2.24, 2.45) is 0 Å². The standard InChI is InChI=1S/C14H15BrFN3O/c1-2-5-17-7-11-8-19-14(9-18-11)20-13-4-3-10(15)6-12(13)16/h3-4,6,8-9,17H,2,5,7H2,1H3. The van der Waals surface area contributed by atoms with Crippen molar-refractivity contribution in [1.82, 2.24) is 15.3 Å². The van der Waals surface area contributed by atoms with Crippen LogP contribution in [-0.4, -0.2) is 16.5 Å². The number of benzene rings is 1. The molecule has 0 spiro atoms. The molecule has 0 bridgehead atoms. The molecule has 1 aromatic heterocycles. The first kappa shape index (κ1) is 14.9. The van der Waals surface area contributed by atoms with Crippen LogP contribution in [0.2, 0.25) is 0 Å². The molecular weight excluding hydrogens is 325 g/mol. The summed E-state index contributed by atoms with van der Waals surface area (Å²) in [4.78, 5) is 8.33. The van der Waals surface area contributed by atoms with Crippen LogP contribution in [0.25, 0.3) is 0 Å². The summed E-state index contributed by atoms with van der Waals surface area (Å²) >= 11 is 3.19. The Morgan fingerprint density at radius 3 is 2.80 bits per heavy atom. The van der Waals surface area contributed by atoms with E-state index in [1.807, 2.05) is 0 Å². The summed E-state index contributed by atoms with van der Waals surface area (Å²) in [5.41, 5.74) is 0.821. The number of hydrogen-bond donors (Lipinski definition) is 1. The Labute approximate surface area is 125 Å². The van der Waals surface area contributed by atoms with Crippen molar-refractivity contribution >= 4 is 15.9 Å². The Morgan fingerprint density at radius 1 is 1.30 bits per heavy atom. The minimum atomic E-state index is -0.449. The second-order valence-electron chi connectivity index (χ2n) is 4.20. The summed E-state index contributed by atoms with van der Waals surface area (Å²) in [6.07, 6.45) is 4.18. The third-order valence-corrected chi connectivity index (χ3v) is 3.02. The number of rotatable bonds is 6. The lowest BCUT2D eigenvalue weighted by molar-refractivity contribution is 0.424. The first-order chi connectivity index (χ1) is 9.69. The van der Waals surface area contributed by atoms with Gasteiger partial charge in [0.1, 0.15) is 0 Å². The van der Waals surface area contributed by atoms with Gasteiger partial charge in [0.15, 0.2) is 11.6 Å². The monoisotopic (exact) mass is 339 g/mol. The van der Waals surface area contributed by atoms with Gasteiger partial charge in [0.2, 0.25) is 5.88 Å². The predicted molar refractivity (Wildman–Crippen MR) is 78.2 cm³/mol. The molecule has 0 aliphatic rings. The van der Waals surface area contributed by atoms with E-state index in [1.165, 1.54) is 18.3 Å². The van der Waals surface area contributed by atoms with Gasteiger partial charge in [-0.3, -0.25) is 4.98 Å². The van der Waals surface area contributed by atoms with E-state index in [9.17, 15) is 4.39 Å². The number of nitrogens with one attached hydrogen (secondary N) is 1. The molecule has 0 amide bonds. The maximum absolute atomic E-state index is 13.6. The fourth-order valence-electron chi connectivity index (χ4n) is 1.55. The van der Waals surface area contributed by atoms with Gasteiger partial charge in [-0.1, -0.05) is 22.9 Å². The highest BCUT2D eigenvalue weighted by atomic mass is 79.9. The molecule has 1 heterocycles. The minimum absolute atomic E-state index is 0.124. The molecule has 0 fully saturated rings. The Kier molecular flexibility index (Phi) is 5.43. The first-order valence-corrected chi connectivity index (χ1v) is 7.13. The fourth-order valence-corrected chi connectivity index (χ4v) is 1.88. The topological polar surface area (TPSA) is 47.0 Å². The van der Waals surface area contributed by atoms with Gasteiger partial charge in [0.25, 0.3) is 0 Å². The van der Waals surface area contributed by atoms with Crippen molar-refractivity contribution in [2.75, 3.05) is 6.54 Å². The van der Waals surface area contributed by atoms with Gasteiger partial charge in [0, 0.05) is 11.0 Å². The van der Waals surface area contributed by atoms with Crippen molar-refractivity contribution in [2.45, 2.75) is 19.9 Å². The van der Waals surface area contributed by atoms with Crippen LogP contribution in [0.4, 0.5) is 4.39 Å². The Morgan fingerprint density at radius 2 is 2.15 bits per heavy atom. The van der Waals surface area contributed by atoms with E-state index in [4.69, 9.17) is 4.74 Å². The number of ether oxygens (including phenoxy) is 1. The van der Waals surface area contributed by atoms with Crippen LogP contribution >= 0.6 is 15.9 Å². The molecule has 1 N–H and O–H groups in total. The summed E-state index contributed by atoms with van der Waals surface area (Å²) in [5.74, 6) is -0.0558. The zero-order valence-electron chi connectivity index (χ0n) is 11.1. The minimum Gasteiger partial charge on any atom is -0.434 e. The van der Waals surface area contributed by atoms with Crippen LogP contribution in [0.1, 0.15) is 19.0 Å². The van der Waals surface area contributed by atoms with Gasteiger partial charge in [0.05, 0.1) is 18.1 Å². The van der Waals surface area contributed by atoms with Crippen LogP contribution in [-0.2, 0) is 6.54 Å². The summed E-state index contributed by atoms with van der Waals surface area (Å²) < 4.78 is 19.6. The lowest BCUT2D eigenvalue weighted by atomic mass is 10.3. The quantitative estimate of drug-likeness (QED) is 0.815. The normalized spacial score (nSPS) is 10.6. The van der Waals surface area contributed by atoms with Crippen LogP contribution in [0.15, 0.2) is 35.1 Å². The number of hydrogen-bond acceptors (Lipinski definition) is 4. The first-order valence-electron chi connectivity index (χ1n) is 6.33. The Balaban J connectivity index is 1.99. The largest absolute Gasteiger partial charge is 0.434 e. The van der Waals surface area contributed by atoms with Crippen molar-refractivity contribution in [3.8, 4) is 11.6 Å². The van der Waals surface area contributed by atoms with Crippen LogP contribution in [0, 0.1) is 5.82 Å². The summed E-state index contributed by atoms with van der Waals surface area (Å²) in [6, 6.07) is 4.58. The van der Waals surface area contributed by atoms with E-state index in [1.54, 1.807) is 12.3 Å². The molecule has 6 heteroatoms. The zero-order valence-corrected chi connectivity index (χ0v) is 12.7. The van der Waals surface area contributed by atoms with E-state index < -0.39 is 5.82 Å².